The van der Waals surface area contributed by atoms with Gasteiger partial charge in [0.25, 0.3) is 0 Å². The van der Waals surface area contributed by atoms with Crippen LogP contribution in [0.3, 0.4) is 0 Å². The van der Waals surface area contributed by atoms with E-state index < -0.39 is 0 Å². The fourth-order valence-electron chi connectivity index (χ4n) is 2.63. The molecule has 1 heterocycles. The SMILES string of the molecule is C[C@@H]1CCC[C@@H](CC2=CCCCC2)O1. The Bertz CT molecular complexity index is 207. The van der Waals surface area contributed by atoms with E-state index in [4.69, 9.17) is 4.74 Å². The highest BCUT2D eigenvalue weighted by atomic mass is 16.5. The van der Waals surface area contributed by atoms with E-state index in [1.807, 2.05) is 0 Å². The summed E-state index contributed by atoms with van der Waals surface area (Å²) in [5, 5.41) is 0. The minimum atomic E-state index is 0.498. The monoisotopic (exact) mass is 194 g/mol. The van der Waals surface area contributed by atoms with Crippen molar-refractivity contribution >= 4 is 0 Å². The molecule has 2 aliphatic rings. The van der Waals surface area contributed by atoms with Gasteiger partial charge in [0.15, 0.2) is 0 Å². The van der Waals surface area contributed by atoms with Crippen LogP contribution in [0.25, 0.3) is 0 Å². The lowest BCUT2D eigenvalue weighted by atomic mass is 9.92. The van der Waals surface area contributed by atoms with Gasteiger partial charge in [-0.05, 0) is 58.3 Å². The molecule has 0 saturated carbocycles. The van der Waals surface area contributed by atoms with E-state index in [2.05, 4.69) is 13.0 Å². The zero-order valence-electron chi connectivity index (χ0n) is 9.30. The minimum Gasteiger partial charge on any atom is -0.375 e. The molecule has 0 amide bonds. The van der Waals surface area contributed by atoms with Gasteiger partial charge in [0.2, 0.25) is 0 Å². The molecule has 0 bridgehead atoms. The number of hydrogen-bond acceptors (Lipinski definition) is 1. The zero-order valence-corrected chi connectivity index (χ0v) is 9.30. The molecular weight excluding hydrogens is 172 g/mol. The fourth-order valence-corrected chi connectivity index (χ4v) is 2.63. The molecule has 80 valence electrons. The van der Waals surface area contributed by atoms with E-state index in [1.54, 1.807) is 5.57 Å². The fraction of sp³-hybridized carbons (Fsp3) is 0.846. The molecule has 0 aromatic rings. The van der Waals surface area contributed by atoms with Gasteiger partial charge in [-0.15, -0.1) is 0 Å². The molecule has 1 saturated heterocycles. The smallest absolute Gasteiger partial charge is 0.0615 e. The van der Waals surface area contributed by atoms with E-state index in [-0.39, 0.29) is 0 Å². The van der Waals surface area contributed by atoms with Gasteiger partial charge < -0.3 is 4.74 Å². The summed E-state index contributed by atoms with van der Waals surface area (Å²) < 4.78 is 5.95. The number of rotatable bonds is 2. The Labute approximate surface area is 87.5 Å². The summed E-state index contributed by atoms with van der Waals surface area (Å²) in [5.41, 5.74) is 1.66. The third kappa shape index (κ3) is 2.84. The molecule has 0 unspecified atom stereocenters. The lowest BCUT2D eigenvalue weighted by Crippen LogP contribution is -2.25. The Hall–Kier alpha value is -0.300. The molecule has 0 aromatic carbocycles. The molecule has 2 atom stereocenters. The van der Waals surface area contributed by atoms with E-state index in [0.717, 1.165) is 0 Å². The maximum absolute atomic E-state index is 5.95. The van der Waals surface area contributed by atoms with Crippen molar-refractivity contribution in [2.75, 3.05) is 0 Å². The highest BCUT2D eigenvalue weighted by Crippen LogP contribution is 2.27. The highest BCUT2D eigenvalue weighted by molar-refractivity contribution is 5.06. The van der Waals surface area contributed by atoms with Crippen LogP contribution in [0.1, 0.15) is 58.3 Å². The summed E-state index contributed by atoms with van der Waals surface area (Å²) >= 11 is 0. The van der Waals surface area contributed by atoms with E-state index in [1.165, 1.54) is 51.4 Å². The number of allylic oxidation sites excluding steroid dienone is 1. The lowest BCUT2D eigenvalue weighted by molar-refractivity contribution is -0.0391. The van der Waals surface area contributed by atoms with Crippen LogP contribution in [0, 0.1) is 0 Å². The largest absolute Gasteiger partial charge is 0.375 e. The van der Waals surface area contributed by atoms with E-state index >= 15 is 0 Å². The molecule has 1 aliphatic heterocycles. The molecular formula is C13H22O. The molecule has 2 rings (SSSR count). The van der Waals surface area contributed by atoms with Gasteiger partial charge in [0.1, 0.15) is 0 Å². The third-order valence-corrected chi connectivity index (χ3v) is 3.44. The second kappa shape index (κ2) is 4.97. The van der Waals surface area contributed by atoms with Crippen molar-refractivity contribution in [1.82, 2.24) is 0 Å². The third-order valence-electron chi connectivity index (χ3n) is 3.44. The maximum atomic E-state index is 5.95. The van der Waals surface area contributed by atoms with Crippen LogP contribution in [0.4, 0.5) is 0 Å². The summed E-state index contributed by atoms with van der Waals surface area (Å²) in [6.07, 6.45) is 14.0. The Balaban J connectivity index is 1.80. The first-order valence-corrected chi connectivity index (χ1v) is 6.18. The Morgan fingerprint density at radius 2 is 2.21 bits per heavy atom. The normalized spacial score (nSPS) is 33.9. The van der Waals surface area contributed by atoms with Crippen molar-refractivity contribution in [3.05, 3.63) is 11.6 Å². The molecule has 0 radical (unpaired) electrons. The average molecular weight is 194 g/mol. The van der Waals surface area contributed by atoms with Gasteiger partial charge in [-0.1, -0.05) is 11.6 Å². The highest BCUT2D eigenvalue weighted by Gasteiger charge is 2.20. The summed E-state index contributed by atoms with van der Waals surface area (Å²) in [5.74, 6) is 0. The molecule has 1 fully saturated rings. The molecule has 0 spiro atoms. The van der Waals surface area contributed by atoms with Crippen LogP contribution in [-0.2, 0) is 4.74 Å². The zero-order chi connectivity index (χ0) is 9.80. The Kier molecular flexibility index (Phi) is 3.63. The van der Waals surface area contributed by atoms with Crippen LogP contribution < -0.4 is 0 Å². The van der Waals surface area contributed by atoms with Gasteiger partial charge in [-0.3, -0.25) is 0 Å². The minimum absolute atomic E-state index is 0.498. The van der Waals surface area contributed by atoms with Crippen molar-refractivity contribution < 1.29 is 4.74 Å². The first-order valence-electron chi connectivity index (χ1n) is 6.18. The Morgan fingerprint density at radius 1 is 1.29 bits per heavy atom. The Morgan fingerprint density at radius 3 is 2.93 bits per heavy atom. The van der Waals surface area contributed by atoms with Crippen LogP contribution >= 0.6 is 0 Å². The topological polar surface area (TPSA) is 9.23 Å². The van der Waals surface area contributed by atoms with Crippen molar-refractivity contribution in [3.63, 3.8) is 0 Å². The number of hydrogen-bond donors (Lipinski definition) is 0. The average Bonchev–Trinajstić information content (AvgIpc) is 2.19. The first-order chi connectivity index (χ1) is 6.84. The molecule has 1 nitrogen and oxygen atoms in total. The number of ether oxygens (including phenoxy) is 1. The standard InChI is InChI=1S/C13H22O/c1-11-6-5-9-13(14-11)10-12-7-3-2-4-8-12/h7,11,13H,2-6,8-10H2,1H3/t11-,13+/m1/s1. The second-order valence-electron chi connectivity index (χ2n) is 4.81. The molecule has 1 aliphatic carbocycles. The quantitative estimate of drug-likeness (QED) is 0.607. The maximum Gasteiger partial charge on any atom is 0.0615 e. The van der Waals surface area contributed by atoms with Crippen LogP contribution in [-0.4, -0.2) is 12.2 Å². The van der Waals surface area contributed by atoms with Gasteiger partial charge >= 0.3 is 0 Å². The van der Waals surface area contributed by atoms with E-state index in [9.17, 15) is 0 Å². The summed E-state index contributed by atoms with van der Waals surface area (Å²) in [4.78, 5) is 0. The van der Waals surface area contributed by atoms with Crippen LogP contribution in [0.5, 0.6) is 0 Å². The van der Waals surface area contributed by atoms with Crippen LogP contribution in [0.15, 0.2) is 11.6 Å². The van der Waals surface area contributed by atoms with E-state index in [0.29, 0.717) is 12.2 Å². The summed E-state index contributed by atoms with van der Waals surface area (Å²) in [6.45, 7) is 2.21. The van der Waals surface area contributed by atoms with Gasteiger partial charge in [-0.2, -0.15) is 0 Å². The van der Waals surface area contributed by atoms with Crippen LogP contribution in [0.2, 0.25) is 0 Å². The van der Waals surface area contributed by atoms with Crippen molar-refractivity contribution in [3.8, 4) is 0 Å². The van der Waals surface area contributed by atoms with Gasteiger partial charge in [0, 0.05) is 0 Å². The molecule has 0 aromatic heterocycles. The summed E-state index contributed by atoms with van der Waals surface area (Å²) in [6, 6.07) is 0. The molecule has 0 N–H and O–H groups in total. The predicted molar refractivity (Wildman–Crippen MR) is 59.4 cm³/mol. The predicted octanol–water partition coefficient (Wildman–Crippen LogP) is 3.83. The van der Waals surface area contributed by atoms with Gasteiger partial charge in [-0.25, -0.2) is 0 Å². The lowest BCUT2D eigenvalue weighted by Gasteiger charge is -2.29. The molecule has 1 heteroatoms. The first kappa shape index (κ1) is 10.2. The van der Waals surface area contributed by atoms with Crippen molar-refractivity contribution in [2.24, 2.45) is 0 Å². The summed E-state index contributed by atoms with van der Waals surface area (Å²) in [7, 11) is 0. The van der Waals surface area contributed by atoms with Crippen molar-refractivity contribution in [2.45, 2.75) is 70.5 Å². The molecule has 14 heavy (non-hydrogen) atoms. The van der Waals surface area contributed by atoms with Gasteiger partial charge in [0.05, 0.1) is 12.2 Å². The van der Waals surface area contributed by atoms with Crippen molar-refractivity contribution in [1.29, 1.82) is 0 Å². The second-order valence-corrected chi connectivity index (χ2v) is 4.81.